The molecule has 6 heteroatoms. The van der Waals surface area contributed by atoms with E-state index in [4.69, 9.17) is 11.6 Å². The summed E-state index contributed by atoms with van der Waals surface area (Å²) < 4.78 is 0. The van der Waals surface area contributed by atoms with Gasteiger partial charge in [0.15, 0.2) is 0 Å². The van der Waals surface area contributed by atoms with Gasteiger partial charge in [0.05, 0.1) is 4.92 Å². The quantitative estimate of drug-likeness (QED) is 0.435. The first-order chi connectivity index (χ1) is 5.65. The first kappa shape index (κ1) is 8.73. The second kappa shape index (κ2) is 3.36. The molecule has 0 aliphatic heterocycles. The van der Waals surface area contributed by atoms with Crippen LogP contribution in [-0.2, 0) is 0 Å². The van der Waals surface area contributed by atoms with Crippen molar-refractivity contribution in [2.24, 2.45) is 0 Å². The average molecular weight is 188 g/mol. The average Bonchev–Trinajstić information content (AvgIpc) is 2.03. The molecule has 0 fully saturated rings. The topological polar surface area (TPSA) is 68.1 Å². The molecule has 0 spiro atoms. The number of halogens is 1. The van der Waals surface area contributed by atoms with E-state index in [0.29, 0.717) is 5.69 Å². The normalized spacial score (nSPS) is 9.50. The van der Waals surface area contributed by atoms with Crippen LogP contribution in [0.1, 0.15) is 0 Å². The van der Waals surface area contributed by atoms with Crippen LogP contribution >= 0.6 is 11.6 Å². The van der Waals surface area contributed by atoms with E-state index in [9.17, 15) is 10.1 Å². The minimum Gasteiger partial charge on any atom is -0.382 e. The number of hydrogen-bond donors (Lipinski definition) is 1. The smallest absolute Gasteiger partial charge is 0.310 e. The molecular weight excluding hydrogens is 182 g/mol. The summed E-state index contributed by atoms with van der Waals surface area (Å²) in [5.41, 5.74) is 0.280. The van der Waals surface area contributed by atoms with Gasteiger partial charge >= 0.3 is 5.69 Å². The second-order valence-corrected chi connectivity index (χ2v) is 2.42. The van der Waals surface area contributed by atoms with E-state index >= 15 is 0 Å². The van der Waals surface area contributed by atoms with Gasteiger partial charge in [-0.15, -0.1) is 0 Å². The zero-order chi connectivity index (χ0) is 9.14. The van der Waals surface area contributed by atoms with Crippen molar-refractivity contribution in [2.45, 2.75) is 0 Å². The maximum Gasteiger partial charge on any atom is 0.310 e. The number of nitro groups is 1. The fraction of sp³-hybridized carbons (Fsp3) is 0.167. The highest BCUT2D eigenvalue weighted by molar-refractivity contribution is 6.29. The molecule has 0 atom stereocenters. The third-order valence-corrected chi connectivity index (χ3v) is 1.52. The second-order valence-electron chi connectivity index (χ2n) is 2.03. The molecule has 0 unspecified atom stereocenters. The lowest BCUT2D eigenvalue weighted by Gasteiger charge is -2.00. The van der Waals surface area contributed by atoms with Gasteiger partial charge in [-0.2, -0.15) is 0 Å². The van der Waals surface area contributed by atoms with Gasteiger partial charge in [-0.1, -0.05) is 11.6 Å². The van der Waals surface area contributed by atoms with Crippen molar-refractivity contribution in [1.29, 1.82) is 0 Å². The van der Waals surface area contributed by atoms with E-state index in [1.807, 2.05) is 0 Å². The van der Waals surface area contributed by atoms with Crippen molar-refractivity contribution in [3.05, 3.63) is 27.5 Å². The molecule has 0 aliphatic carbocycles. The number of pyridine rings is 1. The molecule has 1 aromatic heterocycles. The standard InChI is InChI=1S/C6H6ClN3O2/c1-8-4-2-6(7)9-3-5(4)10(11)12/h2-3H,1H3,(H,8,9). The largest absolute Gasteiger partial charge is 0.382 e. The van der Waals surface area contributed by atoms with Gasteiger partial charge in [-0.05, 0) is 0 Å². The minimum absolute atomic E-state index is 0.0816. The van der Waals surface area contributed by atoms with Gasteiger partial charge in [0.1, 0.15) is 17.0 Å². The van der Waals surface area contributed by atoms with Crippen molar-refractivity contribution < 1.29 is 4.92 Å². The SMILES string of the molecule is CNc1cc(Cl)ncc1[N+](=O)[O-]. The molecule has 0 aliphatic rings. The van der Waals surface area contributed by atoms with Gasteiger partial charge in [-0.3, -0.25) is 10.1 Å². The van der Waals surface area contributed by atoms with E-state index in [1.54, 1.807) is 7.05 Å². The number of hydrogen-bond acceptors (Lipinski definition) is 4. The molecule has 0 bridgehead atoms. The van der Waals surface area contributed by atoms with Crippen molar-refractivity contribution >= 4 is 23.0 Å². The van der Waals surface area contributed by atoms with Crippen LogP contribution in [0.3, 0.4) is 0 Å². The summed E-state index contributed by atoms with van der Waals surface area (Å²) >= 11 is 5.53. The Labute approximate surface area is 73.5 Å². The third kappa shape index (κ3) is 1.62. The van der Waals surface area contributed by atoms with Crippen LogP contribution in [0, 0.1) is 10.1 Å². The molecule has 0 saturated carbocycles. The molecule has 0 saturated heterocycles. The molecule has 0 aromatic carbocycles. The Morgan fingerprint density at radius 3 is 2.92 bits per heavy atom. The summed E-state index contributed by atoms with van der Waals surface area (Å²) in [6, 6.07) is 1.40. The van der Waals surface area contributed by atoms with Crippen LogP contribution in [0.4, 0.5) is 11.4 Å². The molecule has 1 heterocycles. The van der Waals surface area contributed by atoms with Crippen LogP contribution in [0.2, 0.25) is 5.15 Å². The fourth-order valence-electron chi connectivity index (χ4n) is 0.768. The lowest BCUT2D eigenvalue weighted by Crippen LogP contribution is -1.97. The van der Waals surface area contributed by atoms with Crippen molar-refractivity contribution in [2.75, 3.05) is 12.4 Å². The van der Waals surface area contributed by atoms with Gasteiger partial charge in [0.25, 0.3) is 0 Å². The summed E-state index contributed by atoms with van der Waals surface area (Å²) in [6.45, 7) is 0. The Morgan fingerprint density at radius 1 is 1.75 bits per heavy atom. The van der Waals surface area contributed by atoms with E-state index in [1.165, 1.54) is 6.07 Å². The summed E-state index contributed by atoms with van der Waals surface area (Å²) in [4.78, 5) is 13.4. The van der Waals surface area contributed by atoms with Gasteiger partial charge in [0.2, 0.25) is 0 Å². The van der Waals surface area contributed by atoms with Crippen LogP contribution in [0.5, 0.6) is 0 Å². The van der Waals surface area contributed by atoms with Crippen LogP contribution in [0.25, 0.3) is 0 Å². The van der Waals surface area contributed by atoms with Crippen molar-refractivity contribution in [1.82, 2.24) is 4.98 Å². The lowest BCUT2D eigenvalue weighted by molar-refractivity contribution is -0.384. The first-order valence-corrected chi connectivity index (χ1v) is 3.50. The maximum atomic E-state index is 10.4. The summed E-state index contributed by atoms with van der Waals surface area (Å²) in [5.74, 6) is 0. The molecule has 64 valence electrons. The molecule has 12 heavy (non-hydrogen) atoms. The van der Waals surface area contributed by atoms with Gasteiger partial charge in [-0.25, -0.2) is 4.98 Å². The Hall–Kier alpha value is -1.36. The first-order valence-electron chi connectivity index (χ1n) is 3.13. The molecule has 1 rings (SSSR count). The van der Waals surface area contributed by atoms with Gasteiger partial charge < -0.3 is 5.32 Å². The zero-order valence-corrected chi connectivity index (χ0v) is 7.00. The lowest BCUT2D eigenvalue weighted by atomic mass is 10.3. The highest BCUT2D eigenvalue weighted by Crippen LogP contribution is 2.24. The summed E-state index contributed by atoms with van der Waals surface area (Å²) in [7, 11) is 1.58. The molecule has 0 amide bonds. The summed E-state index contributed by atoms with van der Waals surface area (Å²) in [6.07, 6.45) is 1.12. The molecule has 1 N–H and O–H groups in total. The van der Waals surface area contributed by atoms with E-state index < -0.39 is 4.92 Å². The van der Waals surface area contributed by atoms with Crippen LogP contribution in [-0.4, -0.2) is 17.0 Å². The summed E-state index contributed by atoms with van der Waals surface area (Å²) in [5, 5.41) is 13.3. The fourth-order valence-corrected chi connectivity index (χ4v) is 0.926. The van der Waals surface area contributed by atoms with Crippen LogP contribution in [0.15, 0.2) is 12.3 Å². The highest BCUT2D eigenvalue weighted by atomic mass is 35.5. The maximum absolute atomic E-state index is 10.4. The van der Waals surface area contributed by atoms with Crippen LogP contribution < -0.4 is 5.32 Å². The number of aromatic nitrogens is 1. The minimum atomic E-state index is -0.519. The predicted octanol–water partition coefficient (Wildman–Crippen LogP) is 1.68. The van der Waals surface area contributed by atoms with Crippen molar-refractivity contribution in [3.63, 3.8) is 0 Å². The van der Waals surface area contributed by atoms with E-state index in [2.05, 4.69) is 10.3 Å². The van der Waals surface area contributed by atoms with Crippen molar-refractivity contribution in [3.8, 4) is 0 Å². The Balaban J connectivity index is 3.20. The monoisotopic (exact) mass is 187 g/mol. The molecule has 0 radical (unpaired) electrons. The third-order valence-electron chi connectivity index (χ3n) is 1.32. The Morgan fingerprint density at radius 2 is 2.42 bits per heavy atom. The number of rotatable bonds is 2. The van der Waals surface area contributed by atoms with Gasteiger partial charge in [0, 0.05) is 13.1 Å². The molecule has 1 aromatic rings. The van der Waals surface area contributed by atoms with E-state index in [0.717, 1.165) is 6.20 Å². The number of nitrogens with zero attached hydrogens (tertiary/aromatic N) is 2. The highest BCUT2D eigenvalue weighted by Gasteiger charge is 2.12. The Kier molecular flexibility index (Phi) is 2.44. The zero-order valence-electron chi connectivity index (χ0n) is 6.24. The Bertz CT molecular complexity index is 316. The molecule has 5 nitrogen and oxygen atoms in total. The van der Waals surface area contributed by atoms with E-state index in [-0.39, 0.29) is 10.8 Å². The molecular formula is C6H6ClN3O2. The number of nitrogens with one attached hydrogen (secondary N) is 1. The number of anilines is 1. The predicted molar refractivity (Wildman–Crippen MR) is 45.4 cm³/mol.